The van der Waals surface area contributed by atoms with Gasteiger partial charge in [-0.3, -0.25) is 9.59 Å². The van der Waals surface area contributed by atoms with Gasteiger partial charge < -0.3 is 5.32 Å². The maximum atomic E-state index is 12.3. The van der Waals surface area contributed by atoms with Crippen LogP contribution in [0.4, 0.5) is 5.69 Å². The van der Waals surface area contributed by atoms with Gasteiger partial charge in [0.15, 0.2) is 0 Å². The molecule has 0 bridgehead atoms. The van der Waals surface area contributed by atoms with Gasteiger partial charge >= 0.3 is 0 Å². The number of rotatable bonds is 5. The topological polar surface area (TPSA) is 96.4 Å². The Bertz CT molecular complexity index is 894. The van der Waals surface area contributed by atoms with Crippen molar-refractivity contribution in [1.29, 1.82) is 0 Å². The number of nitrogens with zero attached hydrogens (tertiary/aromatic N) is 2. The number of hydrogen-bond donors (Lipinski definition) is 1. The third-order valence-electron chi connectivity index (χ3n) is 3.85. The highest BCUT2D eigenvalue weighted by Gasteiger charge is 2.42. The van der Waals surface area contributed by atoms with Gasteiger partial charge in [-0.15, -0.1) is 11.3 Å². The van der Waals surface area contributed by atoms with Crippen molar-refractivity contribution >= 4 is 38.9 Å². The number of aromatic nitrogens is 1. The average Bonchev–Trinajstić information content (AvgIpc) is 3.14. The van der Waals surface area contributed by atoms with Crippen LogP contribution in [0.15, 0.2) is 35.2 Å². The van der Waals surface area contributed by atoms with Gasteiger partial charge in [-0.25, -0.2) is 17.7 Å². The zero-order valence-corrected chi connectivity index (χ0v) is 15.1. The molecule has 2 amide bonds. The smallest absolute Gasteiger partial charge is 0.251 e. The Morgan fingerprint density at radius 2 is 2.24 bits per heavy atom. The summed E-state index contributed by atoms with van der Waals surface area (Å²) in [6.07, 6.45) is 0.617. The molecule has 1 aliphatic rings. The van der Waals surface area contributed by atoms with E-state index in [1.54, 1.807) is 24.6 Å². The lowest BCUT2D eigenvalue weighted by molar-refractivity contribution is -0.119. The van der Waals surface area contributed by atoms with E-state index in [-0.39, 0.29) is 17.3 Å². The number of nitrogens with one attached hydrogen (secondary N) is 1. The normalized spacial score (nSPS) is 19.2. The molecule has 0 aliphatic carbocycles. The Kier molecular flexibility index (Phi) is 4.87. The van der Waals surface area contributed by atoms with E-state index in [9.17, 15) is 18.0 Å². The minimum absolute atomic E-state index is 0.196. The summed E-state index contributed by atoms with van der Waals surface area (Å²) in [7, 11) is -3.68. The lowest BCUT2D eigenvalue weighted by Gasteiger charge is -2.16. The summed E-state index contributed by atoms with van der Waals surface area (Å²) >= 11 is 1.49. The van der Waals surface area contributed by atoms with Crippen LogP contribution in [0.3, 0.4) is 0 Å². The molecule has 1 saturated heterocycles. The van der Waals surface area contributed by atoms with Gasteiger partial charge in [0, 0.05) is 23.9 Å². The van der Waals surface area contributed by atoms with Crippen LogP contribution in [0.1, 0.15) is 23.0 Å². The van der Waals surface area contributed by atoms with Crippen LogP contribution in [0.25, 0.3) is 0 Å². The van der Waals surface area contributed by atoms with E-state index in [1.165, 1.54) is 23.5 Å². The van der Waals surface area contributed by atoms with Crippen LogP contribution in [-0.2, 0) is 21.2 Å². The molecule has 0 saturated carbocycles. The summed E-state index contributed by atoms with van der Waals surface area (Å²) < 4.78 is 25.1. The first-order valence-electron chi connectivity index (χ1n) is 7.70. The van der Waals surface area contributed by atoms with Gasteiger partial charge in [0.05, 0.1) is 28.6 Å². The van der Waals surface area contributed by atoms with Crippen LogP contribution in [0.2, 0.25) is 0 Å². The highest BCUT2D eigenvalue weighted by Crippen LogP contribution is 2.28. The van der Waals surface area contributed by atoms with E-state index in [4.69, 9.17) is 0 Å². The quantitative estimate of drug-likeness (QED) is 0.848. The first-order chi connectivity index (χ1) is 11.9. The number of thiazole rings is 1. The second-order valence-electron chi connectivity index (χ2n) is 5.82. The molecule has 0 radical (unpaired) electrons. The SMILES string of the molecule is CC1CS(=O)(=O)N(c2cccc(C(=O)NCCc3cscn3)c2)C1=O. The molecule has 2 aromatic rings. The van der Waals surface area contributed by atoms with Crippen molar-refractivity contribution in [3.05, 3.63) is 46.4 Å². The maximum Gasteiger partial charge on any atom is 0.251 e. The molecule has 1 aliphatic heterocycles. The lowest BCUT2D eigenvalue weighted by atomic mass is 10.1. The fraction of sp³-hybridized carbons (Fsp3) is 0.312. The van der Waals surface area contributed by atoms with Crippen molar-refractivity contribution < 1.29 is 18.0 Å². The molecule has 1 aromatic carbocycles. The Morgan fingerprint density at radius 1 is 1.44 bits per heavy atom. The monoisotopic (exact) mass is 379 g/mol. The fourth-order valence-corrected chi connectivity index (χ4v) is 5.03. The summed E-state index contributed by atoms with van der Waals surface area (Å²) in [6.45, 7) is 2.00. The number of sulfonamides is 1. The third-order valence-corrected chi connectivity index (χ3v) is 6.36. The van der Waals surface area contributed by atoms with Gasteiger partial charge in [-0.05, 0) is 18.2 Å². The second-order valence-corrected chi connectivity index (χ2v) is 8.40. The predicted molar refractivity (Wildman–Crippen MR) is 95.0 cm³/mol. The number of carbonyl (C=O) groups excluding carboxylic acids is 2. The largest absolute Gasteiger partial charge is 0.352 e. The molecule has 1 aromatic heterocycles. The highest BCUT2D eigenvalue weighted by atomic mass is 32.2. The van der Waals surface area contributed by atoms with E-state index < -0.39 is 21.8 Å². The minimum atomic E-state index is -3.68. The molecule has 9 heteroatoms. The van der Waals surface area contributed by atoms with Crippen molar-refractivity contribution in [3.8, 4) is 0 Å². The van der Waals surface area contributed by atoms with Crippen LogP contribution < -0.4 is 9.62 Å². The molecule has 2 heterocycles. The van der Waals surface area contributed by atoms with Crippen LogP contribution in [-0.4, -0.2) is 37.5 Å². The summed E-state index contributed by atoms with van der Waals surface area (Å²) in [5.74, 6) is -1.59. The van der Waals surface area contributed by atoms with Crippen molar-refractivity contribution in [2.45, 2.75) is 13.3 Å². The van der Waals surface area contributed by atoms with Gasteiger partial charge in [0.1, 0.15) is 0 Å². The zero-order valence-electron chi connectivity index (χ0n) is 13.5. The predicted octanol–water partition coefficient (Wildman–Crippen LogP) is 1.43. The number of amides is 2. The third kappa shape index (κ3) is 3.72. The Hall–Kier alpha value is -2.26. The second kappa shape index (κ2) is 6.93. The molecule has 132 valence electrons. The molecule has 1 N–H and O–H groups in total. The molecule has 1 fully saturated rings. The first-order valence-corrected chi connectivity index (χ1v) is 10.3. The number of benzene rings is 1. The standard InChI is InChI=1S/C16H17N3O4S2/c1-11-9-25(22,23)19(16(11)21)14-4-2-3-12(7-14)15(20)17-6-5-13-8-24-10-18-13/h2-4,7-8,10-11H,5-6,9H2,1H3,(H,17,20). The van der Waals surface area contributed by atoms with Crippen LogP contribution >= 0.6 is 11.3 Å². The number of anilines is 1. The molecular formula is C16H17N3O4S2. The average molecular weight is 379 g/mol. The molecule has 3 rings (SSSR count). The number of hydrogen-bond acceptors (Lipinski definition) is 6. The summed E-state index contributed by atoms with van der Waals surface area (Å²) in [5.41, 5.74) is 3.14. The van der Waals surface area contributed by atoms with Gasteiger partial charge in [-0.1, -0.05) is 13.0 Å². The molecule has 1 unspecified atom stereocenters. The summed E-state index contributed by atoms with van der Waals surface area (Å²) in [5, 5.41) is 4.68. The Balaban J connectivity index is 1.73. The van der Waals surface area contributed by atoms with Crippen molar-refractivity contribution in [2.24, 2.45) is 5.92 Å². The van der Waals surface area contributed by atoms with Crippen molar-refractivity contribution in [3.63, 3.8) is 0 Å². The van der Waals surface area contributed by atoms with Crippen LogP contribution in [0.5, 0.6) is 0 Å². The van der Waals surface area contributed by atoms with Crippen molar-refractivity contribution in [1.82, 2.24) is 10.3 Å². The van der Waals surface area contributed by atoms with Gasteiger partial charge in [0.2, 0.25) is 15.9 Å². The van der Waals surface area contributed by atoms with Gasteiger partial charge in [-0.2, -0.15) is 0 Å². The maximum absolute atomic E-state index is 12.3. The van der Waals surface area contributed by atoms with Crippen LogP contribution in [0, 0.1) is 5.92 Å². The minimum Gasteiger partial charge on any atom is -0.352 e. The lowest BCUT2D eigenvalue weighted by Crippen LogP contribution is -2.31. The van der Waals surface area contributed by atoms with Gasteiger partial charge in [0.25, 0.3) is 5.91 Å². The van der Waals surface area contributed by atoms with E-state index in [0.717, 1.165) is 10.00 Å². The molecular weight excluding hydrogens is 362 g/mol. The van der Waals surface area contributed by atoms with E-state index >= 15 is 0 Å². The first kappa shape index (κ1) is 17.6. The summed E-state index contributed by atoms with van der Waals surface area (Å²) in [4.78, 5) is 28.6. The van der Waals surface area contributed by atoms with E-state index in [1.807, 2.05) is 5.38 Å². The molecule has 7 nitrogen and oxygen atoms in total. The molecule has 0 spiro atoms. The molecule has 25 heavy (non-hydrogen) atoms. The highest BCUT2D eigenvalue weighted by molar-refractivity contribution is 7.94. The number of carbonyl (C=O) groups is 2. The van der Waals surface area contributed by atoms with E-state index in [0.29, 0.717) is 18.5 Å². The Labute approximate surface area is 149 Å². The zero-order chi connectivity index (χ0) is 18.0. The van der Waals surface area contributed by atoms with Crippen molar-refractivity contribution in [2.75, 3.05) is 16.6 Å². The fourth-order valence-electron chi connectivity index (χ4n) is 2.63. The Morgan fingerprint density at radius 3 is 2.88 bits per heavy atom. The molecule has 1 atom stereocenters. The summed E-state index contributed by atoms with van der Waals surface area (Å²) in [6, 6.07) is 6.08. The van der Waals surface area contributed by atoms with E-state index in [2.05, 4.69) is 10.3 Å².